The van der Waals surface area contributed by atoms with E-state index in [0.29, 0.717) is 6.04 Å². The summed E-state index contributed by atoms with van der Waals surface area (Å²) in [6.07, 6.45) is 1.10. The van der Waals surface area contributed by atoms with Crippen LogP contribution in [-0.2, 0) is 0 Å². The molecule has 2 rings (SSSR count). The van der Waals surface area contributed by atoms with Crippen molar-refractivity contribution in [3.63, 3.8) is 0 Å². The number of thiophene rings is 1. The van der Waals surface area contributed by atoms with Gasteiger partial charge in [0.2, 0.25) is 0 Å². The van der Waals surface area contributed by atoms with Crippen molar-refractivity contribution < 1.29 is 4.74 Å². The zero-order valence-electron chi connectivity index (χ0n) is 11.4. The fourth-order valence-corrected chi connectivity index (χ4v) is 3.66. The average Bonchev–Trinajstić information content (AvgIpc) is 2.90. The summed E-state index contributed by atoms with van der Waals surface area (Å²) in [4.78, 5) is 2.65. The number of nitrogens with one attached hydrogen (secondary N) is 1. The lowest BCUT2D eigenvalue weighted by Gasteiger charge is -2.10. The Labute approximate surface area is 126 Å². The van der Waals surface area contributed by atoms with Gasteiger partial charge in [-0.25, -0.2) is 0 Å². The van der Waals surface area contributed by atoms with E-state index >= 15 is 0 Å². The molecular formula is C15H18BrNOS. The quantitative estimate of drug-likeness (QED) is 0.840. The second-order valence-electron chi connectivity index (χ2n) is 4.30. The first kappa shape index (κ1) is 14.6. The van der Waals surface area contributed by atoms with E-state index in [0.717, 1.165) is 16.6 Å². The summed E-state index contributed by atoms with van der Waals surface area (Å²) in [7, 11) is 3.70. The third kappa shape index (κ3) is 3.19. The Morgan fingerprint density at radius 1 is 1.32 bits per heavy atom. The van der Waals surface area contributed by atoms with E-state index in [9.17, 15) is 0 Å². The maximum atomic E-state index is 5.35. The third-order valence-electron chi connectivity index (χ3n) is 3.16. The lowest BCUT2D eigenvalue weighted by molar-refractivity contribution is 0.412. The molecule has 0 aliphatic heterocycles. The Morgan fingerprint density at radius 2 is 2.11 bits per heavy atom. The predicted molar refractivity (Wildman–Crippen MR) is 86.1 cm³/mol. The Morgan fingerprint density at radius 3 is 2.74 bits per heavy atom. The Bertz CT molecular complexity index is 549. The third-order valence-corrected chi connectivity index (χ3v) is 5.07. The fraction of sp³-hybridized carbons (Fsp3) is 0.333. The number of methoxy groups -OCH3 is 1. The Hall–Kier alpha value is -0.840. The molecule has 1 unspecified atom stereocenters. The molecule has 19 heavy (non-hydrogen) atoms. The minimum Gasteiger partial charge on any atom is -0.496 e. The summed E-state index contributed by atoms with van der Waals surface area (Å²) in [5, 5.41) is 3.34. The maximum Gasteiger partial charge on any atom is 0.133 e. The van der Waals surface area contributed by atoms with Gasteiger partial charge in [0, 0.05) is 15.8 Å². The van der Waals surface area contributed by atoms with Gasteiger partial charge in [0.25, 0.3) is 0 Å². The van der Waals surface area contributed by atoms with E-state index in [2.05, 4.69) is 52.4 Å². The van der Waals surface area contributed by atoms with E-state index in [1.54, 1.807) is 7.11 Å². The lowest BCUT2D eigenvalue weighted by atomic mass is 10.1. The zero-order valence-corrected chi connectivity index (χ0v) is 13.8. The molecule has 1 heterocycles. The molecule has 0 fully saturated rings. The van der Waals surface area contributed by atoms with Gasteiger partial charge in [-0.05, 0) is 59.2 Å². The second kappa shape index (κ2) is 6.55. The first-order valence-electron chi connectivity index (χ1n) is 6.30. The van der Waals surface area contributed by atoms with Crippen molar-refractivity contribution in [1.82, 2.24) is 5.32 Å². The highest BCUT2D eigenvalue weighted by atomic mass is 79.9. The highest BCUT2D eigenvalue weighted by molar-refractivity contribution is 9.10. The first-order valence-corrected chi connectivity index (χ1v) is 7.91. The van der Waals surface area contributed by atoms with Gasteiger partial charge in [0.05, 0.1) is 11.6 Å². The minimum absolute atomic E-state index is 0.441. The van der Waals surface area contributed by atoms with Crippen molar-refractivity contribution in [3.8, 4) is 16.2 Å². The van der Waals surface area contributed by atoms with Gasteiger partial charge in [-0.2, -0.15) is 0 Å². The van der Waals surface area contributed by atoms with Crippen LogP contribution in [-0.4, -0.2) is 14.2 Å². The topological polar surface area (TPSA) is 21.3 Å². The molecule has 1 atom stereocenters. The zero-order chi connectivity index (χ0) is 13.8. The SMILES string of the molecule is CCC(NC)c1ccc(-c2ccc(Br)c(OC)c2)s1. The number of rotatable bonds is 5. The summed E-state index contributed by atoms with van der Waals surface area (Å²) in [6, 6.07) is 11.0. The predicted octanol–water partition coefficient (Wildman–Crippen LogP) is 4.86. The van der Waals surface area contributed by atoms with Crippen LogP contribution in [0.25, 0.3) is 10.4 Å². The number of ether oxygens (including phenoxy) is 1. The molecule has 2 nitrogen and oxygen atoms in total. The van der Waals surface area contributed by atoms with E-state index in [-0.39, 0.29) is 0 Å². The minimum atomic E-state index is 0.441. The van der Waals surface area contributed by atoms with Crippen LogP contribution in [0.4, 0.5) is 0 Å². The standard InChI is InChI=1S/C15H18BrNOS/c1-4-12(17-2)15-8-7-14(19-15)10-5-6-11(16)13(9-10)18-3/h5-9,12,17H,4H2,1-3H3. The largest absolute Gasteiger partial charge is 0.496 e. The molecule has 1 N–H and O–H groups in total. The molecule has 0 radical (unpaired) electrons. The number of hydrogen-bond acceptors (Lipinski definition) is 3. The molecule has 0 aliphatic carbocycles. The Balaban J connectivity index is 2.32. The van der Waals surface area contributed by atoms with Gasteiger partial charge >= 0.3 is 0 Å². The smallest absolute Gasteiger partial charge is 0.133 e. The number of hydrogen-bond donors (Lipinski definition) is 1. The van der Waals surface area contributed by atoms with Gasteiger partial charge < -0.3 is 10.1 Å². The van der Waals surface area contributed by atoms with Crippen LogP contribution in [0.15, 0.2) is 34.8 Å². The summed E-state index contributed by atoms with van der Waals surface area (Å²) in [6.45, 7) is 2.20. The molecule has 0 aliphatic rings. The van der Waals surface area contributed by atoms with E-state index < -0.39 is 0 Å². The molecule has 0 saturated carbocycles. The van der Waals surface area contributed by atoms with Gasteiger partial charge in [0.15, 0.2) is 0 Å². The van der Waals surface area contributed by atoms with Gasteiger partial charge in [-0.15, -0.1) is 11.3 Å². The van der Waals surface area contributed by atoms with Crippen molar-refractivity contribution in [2.45, 2.75) is 19.4 Å². The molecule has 0 saturated heterocycles. The van der Waals surface area contributed by atoms with E-state index in [4.69, 9.17) is 4.74 Å². The van der Waals surface area contributed by atoms with Crippen LogP contribution in [0.5, 0.6) is 5.75 Å². The normalized spacial score (nSPS) is 12.4. The van der Waals surface area contributed by atoms with Gasteiger partial charge in [-0.3, -0.25) is 0 Å². The molecule has 1 aromatic carbocycles. The van der Waals surface area contributed by atoms with Crippen LogP contribution < -0.4 is 10.1 Å². The molecule has 0 spiro atoms. The van der Waals surface area contributed by atoms with Crippen molar-refractivity contribution in [2.75, 3.05) is 14.2 Å². The van der Waals surface area contributed by atoms with Crippen LogP contribution in [0.1, 0.15) is 24.3 Å². The Kier molecular flexibility index (Phi) is 5.02. The van der Waals surface area contributed by atoms with E-state index in [1.165, 1.54) is 15.3 Å². The molecule has 0 amide bonds. The second-order valence-corrected chi connectivity index (χ2v) is 6.27. The van der Waals surface area contributed by atoms with Crippen molar-refractivity contribution in [3.05, 3.63) is 39.7 Å². The van der Waals surface area contributed by atoms with Crippen molar-refractivity contribution in [2.24, 2.45) is 0 Å². The van der Waals surface area contributed by atoms with Crippen LogP contribution in [0.3, 0.4) is 0 Å². The number of halogens is 1. The average molecular weight is 340 g/mol. The maximum absolute atomic E-state index is 5.35. The number of benzene rings is 1. The van der Waals surface area contributed by atoms with Gasteiger partial charge in [-0.1, -0.05) is 13.0 Å². The van der Waals surface area contributed by atoms with Crippen LogP contribution in [0.2, 0.25) is 0 Å². The summed E-state index contributed by atoms with van der Waals surface area (Å²) in [5.74, 6) is 0.869. The highest BCUT2D eigenvalue weighted by Gasteiger charge is 2.11. The molecule has 2 aromatic rings. The first-order chi connectivity index (χ1) is 9.19. The molecular weight excluding hydrogens is 322 g/mol. The molecule has 4 heteroatoms. The summed E-state index contributed by atoms with van der Waals surface area (Å²) < 4.78 is 6.33. The van der Waals surface area contributed by atoms with E-state index in [1.807, 2.05) is 24.5 Å². The van der Waals surface area contributed by atoms with Crippen molar-refractivity contribution in [1.29, 1.82) is 0 Å². The highest BCUT2D eigenvalue weighted by Crippen LogP contribution is 2.36. The van der Waals surface area contributed by atoms with Crippen LogP contribution >= 0.6 is 27.3 Å². The monoisotopic (exact) mass is 339 g/mol. The lowest BCUT2D eigenvalue weighted by Crippen LogP contribution is -2.13. The van der Waals surface area contributed by atoms with Gasteiger partial charge in [0.1, 0.15) is 5.75 Å². The van der Waals surface area contributed by atoms with Crippen LogP contribution in [0, 0.1) is 0 Å². The summed E-state index contributed by atoms with van der Waals surface area (Å²) >= 11 is 5.32. The van der Waals surface area contributed by atoms with Crippen molar-refractivity contribution >= 4 is 27.3 Å². The molecule has 102 valence electrons. The molecule has 0 bridgehead atoms. The molecule has 1 aromatic heterocycles. The summed E-state index contributed by atoms with van der Waals surface area (Å²) in [5.41, 5.74) is 1.20. The fourth-order valence-electron chi connectivity index (χ4n) is 2.06.